The molecule has 1 fully saturated rings. The van der Waals surface area contributed by atoms with E-state index >= 15 is 0 Å². The average Bonchev–Trinajstić information content (AvgIpc) is 3.41. The number of fused-ring (bicyclic) bond motifs is 2. The van der Waals surface area contributed by atoms with Crippen molar-refractivity contribution in [2.45, 2.75) is 36.6 Å². The Morgan fingerprint density at radius 1 is 0.905 bits per heavy atom. The number of para-hydroxylation sites is 1. The van der Waals surface area contributed by atoms with Crippen molar-refractivity contribution >= 4 is 57.9 Å². The van der Waals surface area contributed by atoms with Gasteiger partial charge in [-0.25, -0.2) is 4.90 Å². The lowest BCUT2D eigenvalue weighted by atomic mass is 9.83. The summed E-state index contributed by atoms with van der Waals surface area (Å²) in [5.74, 6) is -2.12. The summed E-state index contributed by atoms with van der Waals surface area (Å²) in [5, 5.41) is 2.74. The predicted octanol–water partition coefficient (Wildman–Crippen LogP) is 5.03. The fourth-order valence-corrected chi connectivity index (χ4v) is 8.36. The molecule has 3 aromatic carbocycles. The number of hydrogen-bond acceptors (Lipinski definition) is 7. The second-order valence-electron chi connectivity index (χ2n) is 10.9. The highest BCUT2D eigenvalue weighted by Gasteiger charge is 2.56. The maximum atomic E-state index is 14.0. The largest absolute Gasteiger partial charge is 0.378 e. The molecule has 1 N–H and O–H groups in total. The second-order valence-corrected chi connectivity index (χ2v) is 13.0. The number of benzene rings is 3. The van der Waals surface area contributed by atoms with Crippen LogP contribution in [0.5, 0.6) is 0 Å². The van der Waals surface area contributed by atoms with E-state index in [1.54, 1.807) is 12.1 Å². The highest BCUT2D eigenvalue weighted by molar-refractivity contribution is 8.00. The molecule has 2 unspecified atom stereocenters. The third-order valence-corrected chi connectivity index (χ3v) is 10.4. The lowest BCUT2D eigenvalue weighted by Crippen LogP contribution is -2.33. The molecular weight excluding hydrogens is 569 g/mol. The van der Waals surface area contributed by atoms with Crippen LogP contribution < -0.4 is 20.0 Å². The number of anilines is 3. The van der Waals surface area contributed by atoms with Gasteiger partial charge in [-0.1, -0.05) is 71.1 Å². The third kappa shape index (κ3) is 4.84. The zero-order valence-corrected chi connectivity index (χ0v) is 25.3. The fraction of sp³-hybridized carbons (Fsp3) is 0.250. The number of imide groups is 1. The highest BCUT2D eigenvalue weighted by atomic mass is 32.2. The van der Waals surface area contributed by atoms with Gasteiger partial charge in [0, 0.05) is 36.3 Å². The topological polar surface area (TPSA) is 91.7 Å². The van der Waals surface area contributed by atoms with Crippen LogP contribution in [0.4, 0.5) is 17.1 Å². The summed E-state index contributed by atoms with van der Waals surface area (Å²) in [7, 11) is 3.90. The van der Waals surface area contributed by atoms with Crippen LogP contribution in [0.1, 0.15) is 27.5 Å². The van der Waals surface area contributed by atoms with E-state index in [0.717, 1.165) is 33.7 Å². The number of hydrogen-bond donors (Lipinski definition) is 1. The molecule has 10 heteroatoms. The number of aryl methyl sites for hydroxylation is 2. The van der Waals surface area contributed by atoms with Crippen LogP contribution in [0.2, 0.25) is 0 Å². The molecule has 1 aromatic heterocycles. The minimum absolute atomic E-state index is 0.195. The smallest absolute Gasteiger partial charge is 0.308 e. The van der Waals surface area contributed by atoms with Crippen LogP contribution in [0.3, 0.4) is 0 Å². The number of aromatic nitrogens is 1. The van der Waals surface area contributed by atoms with Crippen LogP contribution >= 0.6 is 23.1 Å². The Morgan fingerprint density at radius 2 is 1.60 bits per heavy atom. The maximum absolute atomic E-state index is 14.0. The Labute approximate surface area is 252 Å². The Hall–Kier alpha value is -4.15. The number of amides is 3. The molecule has 0 spiro atoms. The van der Waals surface area contributed by atoms with Crippen molar-refractivity contribution in [1.29, 1.82) is 0 Å². The molecule has 4 aromatic rings. The first kappa shape index (κ1) is 28.0. The van der Waals surface area contributed by atoms with Gasteiger partial charge in [0.25, 0.3) is 0 Å². The molecule has 2 aliphatic heterocycles. The van der Waals surface area contributed by atoms with E-state index < -0.39 is 17.1 Å². The summed E-state index contributed by atoms with van der Waals surface area (Å²) in [6.45, 7) is 3.66. The number of thiazole rings is 1. The van der Waals surface area contributed by atoms with Crippen molar-refractivity contribution in [3.63, 3.8) is 0 Å². The van der Waals surface area contributed by atoms with Gasteiger partial charge in [0.2, 0.25) is 17.7 Å². The Morgan fingerprint density at radius 3 is 2.26 bits per heavy atom. The lowest BCUT2D eigenvalue weighted by Gasteiger charge is -2.31. The zero-order chi connectivity index (χ0) is 29.7. The predicted molar refractivity (Wildman–Crippen MR) is 168 cm³/mol. The third-order valence-electron chi connectivity index (χ3n) is 7.83. The van der Waals surface area contributed by atoms with Crippen LogP contribution in [-0.2, 0) is 20.9 Å². The first-order valence-electron chi connectivity index (χ1n) is 13.6. The Kier molecular flexibility index (Phi) is 7.28. The van der Waals surface area contributed by atoms with Gasteiger partial charge in [0.1, 0.15) is 11.8 Å². The summed E-state index contributed by atoms with van der Waals surface area (Å²) in [6, 6.07) is 22.6. The molecule has 3 amide bonds. The Balaban J connectivity index is 1.42. The van der Waals surface area contributed by atoms with Gasteiger partial charge in [-0.05, 0) is 55.3 Å². The van der Waals surface area contributed by atoms with E-state index in [1.807, 2.05) is 93.5 Å². The molecule has 214 valence electrons. The molecule has 42 heavy (non-hydrogen) atoms. The minimum Gasteiger partial charge on any atom is -0.378 e. The molecule has 0 aliphatic carbocycles. The van der Waals surface area contributed by atoms with Crippen LogP contribution in [0.15, 0.2) is 82.6 Å². The van der Waals surface area contributed by atoms with Gasteiger partial charge in [-0.2, -0.15) is 0 Å². The van der Waals surface area contributed by atoms with Crippen LogP contribution in [0.25, 0.3) is 0 Å². The molecule has 8 nitrogen and oxygen atoms in total. The molecule has 3 heterocycles. The quantitative estimate of drug-likeness (QED) is 0.313. The van der Waals surface area contributed by atoms with E-state index in [1.165, 1.54) is 21.2 Å². The van der Waals surface area contributed by atoms with Crippen molar-refractivity contribution < 1.29 is 14.4 Å². The lowest BCUT2D eigenvalue weighted by molar-refractivity contribution is -0.122. The number of carbonyl (C=O) groups excluding carboxylic acids is 3. The molecule has 0 radical (unpaired) electrons. The SMILES string of the molecule is Cc1ccc(N2C(=O)C3Sc4c(sc(=O)n4CC(=O)Nc4ccccc4C)[C@H](c4ccc(N(C)C)cc4)C3C2=O)cc1. The van der Waals surface area contributed by atoms with E-state index in [-0.39, 0.29) is 29.1 Å². The molecule has 1 saturated heterocycles. The van der Waals surface area contributed by atoms with Gasteiger partial charge in [-0.15, -0.1) is 0 Å². The van der Waals surface area contributed by atoms with Crippen molar-refractivity contribution in [3.05, 3.63) is 104 Å². The maximum Gasteiger partial charge on any atom is 0.308 e. The zero-order valence-electron chi connectivity index (χ0n) is 23.7. The summed E-state index contributed by atoms with van der Waals surface area (Å²) < 4.78 is 1.45. The van der Waals surface area contributed by atoms with Crippen molar-refractivity contribution in [2.75, 3.05) is 29.2 Å². The average molecular weight is 599 g/mol. The summed E-state index contributed by atoms with van der Waals surface area (Å²) in [6.07, 6.45) is 0. The normalized spacial score (nSPS) is 19.4. The molecule has 2 aliphatic rings. The van der Waals surface area contributed by atoms with E-state index in [0.29, 0.717) is 21.3 Å². The minimum atomic E-state index is -0.732. The van der Waals surface area contributed by atoms with Crippen LogP contribution in [-0.4, -0.2) is 41.6 Å². The second kappa shape index (κ2) is 10.9. The number of thioether (sulfide) groups is 1. The van der Waals surface area contributed by atoms with Gasteiger partial charge >= 0.3 is 4.87 Å². The summed E-state index contributed by atoms with van der Waals surface area (Å²) >= 11 is 2.27. The van der Waals surface area contributed by atoms with Gasteiger partial charge in [-0.3, -0.25) is 23.7 Å². The standard InChI is InChI=1S/C32H30N4O4S2/c1-18-9-13-22(14-10-18)36-29(38)26-25(20-11-15-21(16-12-20)34(3)4)28-31(41-27(26)30(36)39)35(32(40)42-28)17-24(37)33-23-8-6-5-7-19(23)2/h5-16,25-27H,17H2,1-4H3,(H,33,37)/t25-,26?,27?/m1/s1. The Bertz CT molecular complexity index is 1760. The van der Waals surface area contributed by atoms with Crippen molar-refractivity contribution in [3.8, 4) is 0 Å². The van der Waals surface area contributed by atoms with E-state index in [2.05, 4.69) is 5.32 Å². The number of rotatable bonds is 6. The molecular formula is C32H30N4O4S2. The highest BCUT2D eigenvalue weighted by Crippen LogP contribution is 2.54. The first-order chi connectivity index (χ1) is 20.1. The summed E-state index contributed by atoms with van der Waals surface area (Å²) in [5.41, 5.74) is 4.99. The monoisotopic (exact) mass is 598 g/mol. The summed E-state index contributed by atoms with van der Waals surface area (Å²) in [4.78, 5) is 58.1. The van der Waals surface area contributed by atoms with Gasteiger partial charge in [0.15, 0.2) is 0 Å². The van der Waals surface area contributed by atoms with Crippen molar-refractivity contribution in [2.24, 2.45) is 5.92 Å². The number of nitrogens with zero attached hydrogens (tertiary/aromatic N) is 3. The molecule has 0 bridgehead atoms. The van der Waals surface area contributed by atoms with Crippen molar-refractivity contribution in [1.82, 2.24) is 4.57 Å². The first-order valence-corrected chi connectivity index (χ1v) is 15.3. The van der Waals surface area contributed by atoms with E-state index in [9.17, 15) is 19.2 Å². The molecule has 3 atom stereocenters. The molecule has 0 saturated carbocycles. The molecule has 6 rings (SSSR count). The van der Waals surface area contributed by atoms with Gasteiger partial charge < -0.3 is 10.2 Å². The van der Waals surface area contributed by atoms with Crippen LogP contribution in [0, 0.1) is 19.8 Å². The van der Waals surface area contributed by atoms with Gasteiger partial charge in [0.05, 0.1) is 16.6 Å². The fourth-order valence-electron chi connectivity index (χ4n) is 5.59. The number of nitrogens with one attached hydrogen (secondary N) is 1. The number of carbonyl (C=O) groups is 3. The van der Waals surface area contributed by atoms with E-state index in [4.69, 9.17) is 0 Å².